The van der Waals surface area contributed by atoms with Gasteiger partial charge in [-0.2, -0.15) is 13.2 Å². The first-order valence-electron chi connectivity index (χ1n) is 4.29. The minimum Gasteiger partial charge on any atom is -0.166 e. The number of alkyl halides is 3. The van der Waals surface area contributed by atoms with Gasteiger partial charge in [0.05, 0.1) is 15.6 Å². The molecule has 1 rings (SSSR count). The number of benzene rings is 1. The van der Waals surface area contributed by atoms with Gasteiger partial charge in [-0.15, -0.1) is 0 Å². The summed E-state index contributed by atoms with van der Waals surface area (Å²) in [6.45, 7) is 3.35. The van der Waals surface area contributed by atoms with Crippen molar-refractivity contribution < 1.29 is 13.2 Å². The molecule has 0 nitrogen and oxygen atoms in total. The molecule has 0 N–H and O–H groups in total. The summed E-state index contributed by atoms with van der Waals surface area (Å²) in [6.07, 6.45) is -4.40. The maximum Gasteiger partial charge on any atom is 0.416 e. The Balaban J connectivity index is 3.42. The second kappa shape index (κ2) is 4.22. The lowest BCUT2D eigenvalue weighted by Crippen LogP contribution is -2.10. The lowest BCUT2D eigenvalue weighted by Gasteiger charge is -2.16. The third kappa shape index (κ3) is 2.79. The Morgan fingerprint density at radius 2 is 1.53 bits per heavy atom. The number of hydrogen-bond donors (Lipinski definition) is 0. The molecule has 84 valence electrons. The van der Waals surface area contributed by atoms with Gasteiger partial charge in [-0.3, -0.25) is 0 Å². The monoisotopic (exact) mass is 256 g/mol. The second-order valence-corrected chi connectivity index (χ2v) is 4.32. The molecule has 0 heterocycles. The Labute approximate surface area is 96.0 Å². The molecule has 0 saturated carbocycles. The highest BCUT2D eigenvalue weighted by Gasteiger charge is 2.34. The van der Waals surface area contributed by atoms with E-state index in [0.29, 0.717) is 0 Å². The number of hydrogen-bond acceptors (Lipinski definition) is 0. The van der Waals surface area contributed by atoms with Gasteiger partial charge in [0.1, 0.15) is 0 Å². The van der Waals surface area contributed by atoms with E-state index in [1.54, 1.807) is 13.8 Å². The minimum atomic E-state index is -4.40. The van der Waals surface area contributed by atoms with Crippen LogP contribution in [-0.4, -0.2) is 0 Å². The van der Waals surface area contributed by atoms with Crippen LogP contribution in [0.2, 0.25) is 10.0 Å². The third-order valence-electron chi connectivity index (χ3n) is 2.02. The van der Waals surface area contributed by atoms with Crippen molar-refractivity contribution in [3.8, 4) is 0 Å². The molecule has 0 aliphatic carbocycles. The molecule has 0 fully saturated rings. The second-order valence-electron chi connectivity index (χ2n) is 3.51. The highest BCUT2D eigenvalue weighted by Crippen LogP contribution is 2.39. The van der Waals surface area contributed by atoms with Crippen LogP contribution in [0.4, 0.5) is 13.2 Å². The van der Waals surface area contributed by atoms with E-state index in [1.165, 1.54) is 6.07 Å². The van der Waals surface area contributed by atoms with E-state index in [-0.39, 0.29) is 21.5 Å². The van der Waals surface area contributed by atoms with E-state index < -0.39 is 11.7 Å². The van der Waals surface area contributed by atoms with Gasteiger partial charge in [0.15, 0.2) is 0 Å². The maximum absolute atomic E-state index is 12.6. The van der Waals surface area contributed by atoms with E-state index in [4.69, 9.17) is 23.2 Å². The van der Waals surface area contributed by atoms with E-state index in [0.717, 1.165) is 6.07 Å². The van der Waals surface area contributed by atoms with Crippen molar-refractivity contribution in [3.05, 3.63) is 33.3 Å². The Hall–Kier alpha value is -0.410. The summed E-state index contributed by atoms with van der Waals surface area (Å²) in [7, 11) is 0. The normalized spacial score (nSPS) is 12.3. The summed E-state index contributed by atoms with van der Waals surface area (Å²) >= 11 is 11.2. The largest absolute Gasteiger partial charge is 0.416 e. The maximum atomic E-state index is 12.6. The topological polar surface area (TPSA) is 0 Å². The molecule has 0 aliphatic heterocycles. The van der Waals surface area contributed by atoms with Crippen molar-refractivity contribution in [2.45, 2.75) is 25.9 Å². The fraction of sp³-hybridized carbons (Fsp3) is 0.400. The lowest BCUT2D eigenvalue weighted by atomic mass is 9.97. The molecule has 15 heavy (non-hydrogen) atoms. The quantitative estimate of drug-likeness (QED) is 0.653. The number of halogens is 5. The lowest BCUT2D eigenvalue weighted by molar-refractivity contribution is -0.138. The zero-order valence-corrected chi connectivity index (χ0v) is 9.63. The minimum absolute atomic E-state index is 0.0756. The van der Waals surface area contributed by atoms with Gasteiger partial charge >= 0.3 is 6.18 Å². The van der Waals surface area contributed by atoms with Crippen LogP contribution in [0, 0.1) is 0 Å². The molecule has 0 aromatic heterocycles. The van der Waals surface area contributed by atoms with Crippen molar-refractivity contribution in [2.75, 3.05) is 0 Å². The predicted octanol–water partition coefficient (Wildman–Crippen LogP) is 5.14. The summed E-state index contributed by atoms with van der Waals surface area (Å²) in [5.74, 6) is -0.253. The Morgan fingerprint density at radius 1 is 1.07 bits per heavy atom. The molecule has 0 radical (unpaired) electrons. The molecular formula is C10H9Cl2F3. The summed E-state index contributed by atoms with van der Waals surface area (Å²) < 4.78 is 37.9. The first kappa shape index (κ1) is 12.7. The smallest absolute Gasteiger partial charge is 0.166 e. The molecule has 1 aromatic rings. The highest BCUT2D eigenvalue weighted by atomic mass is 35.5. The molecule has 0 atom stereocenters. The zero-order valence-electron chi connectivity index (χ0n) is 8.12. The van der Waals surface area contributed by atoms with Gasteiger partial charge in [0.25, 0.3) is 0 Å². The fourth-order valence-electron chi connectivity index (χ4n) is 1.29. The molecule has 0 bridgehead atoms. The SMILES string of the molecule is CC(C)c1cc(Cl)c(Cl)cc1C(F)(F)F. The summed E-state index contributed by atoms with van der Waals surface area (Å²) in [5.41, 5.74) is -0.552. The van der Waals surface area contributed by atoms with Crippen molar-refractivity contribution in [3.63, 3.8) is 0 Å². The average Bonchev–Trinajstić information content (AvgIpc) is 2.06. The van der Waals surface area contributed by atoms with Crippen LogP contribution in [-0.2, 0) is 6.18 Å². The van der Waals surface area contributed by atoms with Crippen LogP contribution in [0.25, 0.3) is 0 Å². The predicted molar refractivity (Wildman–Crippen MR) is 55.6 cm³/mol. The first-order chi connectivity index (χ1) is 6.73. The van der Waals surface area contributed by atoms with Crippen molar-refractivity contribution >= 4 is 23.2 Å². The van der Waals surface area contributed by atoms with Crippen LogP contribution in [0.1, 0.15) is 30.9 Å². The van der Waals surface area contributed by atoms with Gasteiger partial charge in [0.2, 0.25) is 0 Å². The Bertz CT molecular complexity index is 370. The van der Waals surface area contributed by atoms with Crippen molar-refractivity contribution in [1.82, 2.24) is 0 Å². The molecule has 1 aromatic carbocycles. The van der Waals surface area contributed by atoms with Crippen LogP contribution < -0.4 is 0 Å². The molecule has 5 heteroatoms. The van der Waals surface area contributed by atoms with E-state index >= 15 is 0 Å². The third-order valence-corrected chi connectivity index (χ3v) is 2.74. The van der Waals surface area contributed by atoms with Gasteiger partial charge in [0, 0.05) is 0 Å². The summed E-state index contributed by atoms with van der Waals surface area (Å²) in [4.78, 5) is 0. The van der Waals surface area contributed by atoms with E-state index in [9.17, 15) is 13.2 Å². The van der Waals surface area contributed by atoms with Crippen LogP contribution in [0.3, 0.4) is 0 Å². The molecular weight excluding hydrogens is 248 g/mol. The standard InChI is InChI=1S/C10H9Cl2F3/c1-5(2)6-3-8(11)9(12)4-7(6)10(13,14)15/h3-5H,1-2H3. The van der Waals surface area contributed by atoms with Gasteiger partial charge in [-0.1, -0.05) is 37.0 Å². The highest BCUT2D eigenvalue weighted by molar-refractivity contribution is 6.42. The Morgan fingerprint density at radius 3 is 1.93 bits per heavy atom. The molecule has 0 aliphatic rings. The Kier molecular flexibility index (Phi) is 3.56. The molecule has 0 saturated heterocycles. The average molecular weight is 257 g/mol. The van der Waals surface area contributed by atoms with Crippen molar-refractivity contribution in [2.24, 2.45) is 0 Å². The number of rotatable bonds is 1. The fourth-order valence-corrected chi connectivity index (χ4v) is 1.62. The van der Waals surface area contributed by atoms with E-state index in [1.807, 2.05) is 0 Å². The van der Waals surface area contributed by atoms with Crippen LogP contribution in [0.5, 0.6) is 0 Å². The van der Waals surface area contributed by atoms with Crippen LogP contribution in [0.15, 0.2) is 12.1 Å². The van der Waals surface area contributed by atoms with Crippen molar-refractivity contribution in [1.29, 1.82) is 0 Å². The molecule has 0 amide bonds. The van der Waals surface area contributed by atoms with Gasteiger partial charge < -0.3 is 0 Å². The molecule has 0 spiro atoms. The molecule has 0 unspecified atom stereocenters. The summed E-state index contributed by atoms with van der Waals surface area (Å²) in [6, 6.07) is 2.15. The van der Waals surface area contributed by atoms with Gasteiger partial charge in [-0.25, -0.2) is 0 Å². The van der Waals surface area contributed by atoms with Gasteiger partial charge in [-0.05, 0) is 23.6 Å². The zero-order chi connectivity index (χ0) is 11.8. The van der Waals surface area contributed by atoms with E-state index in [2.05, 4.69) is 0 Å². The van der Waals surface area contributed by atoms with Crippen LogP contribution >= 0.6 is 23.2 Å². The summed E-state index contributed by atoms with van der Waals surface area (Å²) in [5, 5.41) is 0.0711. The first-order valence-corrected chi connectivity index (χ1v) is 5.05.